The van der Waals surface area contributed by atoms with Gasteiger partial charge < -0.3 is 10.0 Å². The summed E-state index contributed by atoms with van der Waals surface area (Å²) in [6.45, 7) is 5.45. The highest BCUT2D eigenvalue weighted by Crippen LogP contribution is 2.28. The van der Waals surface area contributed by atoms with Crippen LogP contribution in [0.1, 0.15) is 37.3 Å². The molecule has 1 aliphatic rings. The average molecular weight is 247 g/mol. The van der Waals surface area contributed by atoms with E-state index in [0.29, 0.717) is 6.04 Å². The first kappa shape index (κ1) is 12.9. The fourth-order valence-corrected chi connectivity index (χ4v) is 2.78. The van der Waals surface area contributed by atoms with Crippen LogP contribution < -0.4 is 4.90 Å². The smallest absolute Gasteiger partial charge is 0.307 e. The van der Waals surface area contributed by atoms with Crippen LogP contribution in [0.5, 0.6) is 0 Å². The molecule has 0 aliphatic carbocycles. The Morgan fingerprint density at radius 2 is 2.22 bits per heavy atom. The van der Waals surface area contributed by atoms with E-state index in [9.17, 15) is 4.79 Å². The summed E-state index contributed by atoms with van der Waals surface area (Å²) in [5.74, 6) is -0.770. The number of carboxylic acids is 1. The Kier molecular flexibility index (Phi) is 3.90. The van der Waals surface area contributed by atoms with Gasteiger partial charge in [-0.1, -0.05) is 12.1 Å². The van der Waals surface area contributed by atoms with Gasteiger partial charge in [0.2, 0.25) is 0 Å². The average Bonchev–Trinajstić information content (AvgIpc) is 2.30. The van der Waals surface area contributed by atoms with Crippen LogP contribution in [0.2, 0.25) is 0 Å². The summed E-state index contributed by atoms with van der Waals surface area (Å²) in [5, 5.41) is 8.81. The number of hydrogen-bond acceptors (Lipinski definition) is 2. The number of carboxylic acid groups (broad SMARTS) is 1. The lowest BCUT2D eigenvalue weighted by molar-refractivity contribution is -0.136. The van der Waals surface area contributed by atoms with E-state index in [1.165, 1.54) is 30.5 Å². The topological polar surface area (TPSA) is 40.5 Å². The van der Waals surface area contributed by atoms with Crippen molar-refractivity contribution in [3.8, 4) is 0 Å². The third kappa shape index (κ3) is 2.84. The first-order chi connectivity index (χ1) is 8.58. The number of benzene rings is 1. The summed E-state index contributed by atoms with van der Waals surface area (Å²) in [5.41, 5.74) is 3.33. The Morgan fingerprint density at radius 3 is 2.83 bits per heavy atom. The van der Waals surface area contributed by atoms with E-state index in [1.54, 1.807) is 0 Å². The van der Waals surface area contributed by atoms with Crippen LogP contribution in [0.25, 0.3) is 0 Å². The number of aliphatic carboxylic acids is 1. The predicted octanol–water partition coefficient (Wildman–Crippen LogP) is 3.00. The maximum absolute atomic E-state index is 10.7. The molecule has 1 aromatic rings. The van der Waals surface area contributed by atoms with Crippen LogP contribution in [0, 0.1) is 6.92 Å². The lowest BCUT2D eigenvalue weighted by Crippen LogP contribution is -2.37. The molecule has 0 radical (unpaired) electrons. The highest BCUT2D eigenvalue weighted by molar-refractivity contribution is 5.71. The molecule has 0 amide bonds. The van der Waals surface area contributed by atoms with Crippen LogP contribution in [0.15, 0.2) is 18.2 Å². The first-order valence-electron chi connectivity index (χ1n) is 6.66. The van der Waals surface area contributed by atoms with Crippen molar-refractivity contribution in [2.75, 3.05) is 11.4 Å². The Labute approximate surface area is 108 Å². The van der Waals surface area contributed by atoms with Crippen molar-refractivity contribution >= 4 is 11.7 Å². The van der Waals surface area contributed by atoms with Gasteiger partial charge in [-0.05, 0) is 50.3 Å². The van der Waals surface area contributed by atoms with Crippen LogP contribution in [0.3, 0.4) is 0 Å². The molecule has 18 heavy (non-hydrogen) atoms. The second-order valence-electron chi connectivity index (χ2n) is 5.23. The molecule has 3 heteroatoms. The number of aryl methyl sites for hydroxylation is 1. The monoisotopic (exact) mass is 247 g/mol. The van der Waals surface area contributed by atoms with Gasteiger partial charge in [-0.2, -0.15) is 0 Å². The molecule has 0 aromatic heterocycles. The minimum atomic E-state index is -0.770. The van der Waals surface area contributed by atoms with Crippen LogP contribution >= 0.6 is 0 Å². The predicted molar refractivity (Wildman–Crippen MR) is 73.2 cm³/mol. The lowest BCUT2D eigenvalue weighted by Gasteiger charge is -2.36. The zero-order valence-electron chi connectivity index (χ0n) is 11.1. The highest BCUT2D eigenvalue weighted by atomic mass is 16.4. The molecule has 1 heterocycles. The number of carbonyl (C=O) groups is 1. The van der Waals surface area contributed by atoms with Crippen LogP contribution in [-0.2, 0) is 11.2 Å². The fraction of sp³-hybridized carbons (Fsp3) is 0.533. The second kappa shape index (κ2) is 5.42. The minimum Gasteiger partial charge on any atom is -0.481 e. The quantitative estimate of drug-likeness (QED) is 0.892. The van der Waals surface area contributed by atoms with Crippen molar-refractivity contribution in [2.45, 2.75) is 45.6 Å². The van der Waals surface area contributed by atoms with Gasteiger partial charge in [-0.25, -0.2) is 0 Å². The normalized spacial score (nSPS) is 19.9. The summed E-state index contributed by atoms with van der Waals surface area (Å²) >= 11 is 0. The van der Waals surface area contributed by atoms with Gasteiger partial charge in [-0.3, -0.25) is 4.79 Å². The molecule has 1 atom stereocenters. The Hall–Kier alpha value is -1.51. The molecule has 0 spiro atoms. The second-order valence-corrected chi connectivity index (χ2v) is 5.23. The largest absolute Gasteiger partial charge is 0.481 e. The number of piperidine rings is 1. The van der Waals surface area contributed by atoms with Gasteiger partial charge in [0.25, 0.3) is 0 Å². The molecule has 3 nitrogen and oxygen atoms in total. The first-order valence-corrected chi connectivity index (χ1v) is 6.66. The van der Waals surface area contributed by atoms with E-state index in [1.807, 2.05) is 12.1 Å². The SMILES string of the molecule is Cc1cc(CC(=O)O)ccc1N1CCCCC1C. The van der Waals surface area contributed by atoms with Gasteiger partial charge in [0.05, 0.1) is 6.42 Å². The van der Waals surface area contributed by atoms with Crippen molar-refractivity contribution in [1.82, 2.24) is 0 Å². The van der Waals surface area contributed by atoms with E-state index in [0.717, 1.165) is 12.1 Å². The van der Waals surface area contributed by atoms with Crippen molar-refractivity contribution in [3.05, 3.63) is 29.3 Å². The molecule has 1 N–H and O–H groups in total. The number of nitrogens with zero attached hydrogens (tertiary/aromatic N) is 1. The fourth-order valence-electron chi connectivity index (χ4n) is 2.78. The van der Waals surface area contributed by atoms with Crippen molar-refractivity contribution in [3.63, 3.8) is 0 Å². The van der Waals surface area contributed by atoms with Crippen molar-refractivity contribution < 1.29 is 9.90 Å². The Balaban J connectivity index is 2.20. The number of rotatable bonds is 3. The van der Waals surface area contributed by atoms with Gasteiger partial charge in [0, 0.05) is 18.3 Å². The number of hydrogen-bond donors (Lipinski definition) is 1. The van der Waals surface area contributed by atoms with E-state index in [-0.39, 0.29) is 6.42 Å². The number of anilines is 1. The van der Waals surface area contributed by atoms with E-state index >= 15 is 0 Å². The summed E-state index contributed by atoms with van der Waals surface area (Å²) < 4.78 is 0. The van der Waals surface area contributed by atoms with Gasteiger partial charge in [0.1, 0.15) is 0 Å². The van der Waals surface area contributed by atoms with E-state index in [4.69, 9.17) is 5.11 Å². The Bertz CT molecular complexity index is 442. The molecular formula is C15H21NO2. The van der Waals surface area contributed by atoms with E-state index in [2.05, 4.69) is 24.8 Å². The molecule has 0 bridgehead atoms. The molecule has 1 saturated heterocycles. The van der Waals surface area contributed by atoms with Crippen LogP contribution in [0.4, 0.5) is 5.69 Å². The van der Waals surface area contributed by atoms with Gasteiger partial charge in [0.15, 0.2) is 0 Å². The zero-order valence-corrected chi connectivity index (χ0v) is 11.1. The molecule has 2 rings (SSSR count). The summed E-state index contributed by atoms with van der Waals surface area (Å²) in [4.78, 5) is 13.2. The third-order valence-electron chi connectivity index (χ3n) is 3.73. The minimum absolute atomic E-state index is 0.108. The molecule has 1 aromatic carbocycles. The molecular weight excluding hydrogens is 226 g/mol. The van der Waals surface area contributed by atoms with Gasteiger partial charge in [-0.15, -0.1) is 0 Å². The Morgan fingerprint density at radius 1 is 1.44 bits per heavy atom. The molecule has 0 saturated carbocycles. The van der Waals surface area contributed by atoms with Gasteiger partial charge >= 0.3 is 5.97 Å². The summed E-state index contributed by atoms with van der Waals surface area (Å²) in [6.07, 6.45) is 3.92. The third-order valence-corrected chi connectivity index (χ3v) is 3.73. The van der Waals surface area contributed by atoms with Crippen LogP contribution in [-0.4, -0.2) is 23.7 Å². The zero-order chi connectivity index (χ0) is 13.1. The molecule has 1 aliphatic heterocycles. The maximum Gasteiger partial charge on any atom is 0.307 e. The van der Waals surface area contributed by atoms with E-state index < -0.39 is 5.97 Å². The van der Waals surface area contributed by atoms with Crippen molar-refractivity contribution in [2.24, 2.45) is 0 Å². The highest BCUT2D eigenvalue weighted by Gasteiger charge is 2.19. The summed E-state index contributed by atoms with van der Waals surface area (Å²) in [6, 6.07) is 6.61. The molecule has 1 unspecified atom stereocenters. The molecule has 98 valence electrons. The summed E-state index contributed by atoms with van der Waals surface area (Å²) in [7, 11) is 0. The van der Waals surface area contributed by atoms with Crippen molar-refractivity contribution in [1.29, 1.82) is 0 Å². The lowest BCUT2D eigenvalue weighted by atomic mass is 10.00. The maximum atomic E-state index is 10.7. The standard InChI is InChI=1S/C15H21NO2/c1-11-9-13(10-15(17)18)6-7-14(11)16-8-4-3-5-12(16)2/h6-7,9,12H,3-5,8,10H2,1-2H3,(H,17,18). The molecule has 1 fully saturated rings.